The molecule has 21 heavy (non-hydrogen) atoms. The molecule has 2 atom stereocenters. The number of aliphatic carboxylic acids is 1. The van der Waals surface area contributed by atoms with Crippen LogP contribution in [0.3, 0.4) is 0 Å². The maximum absolute atomic E-state index is 12.5. The lowest BCUT2D eigenvalue weighted by atomic mass is 10.1. The summed E-state index contributed by atoms with van der Waals surface area (Å²) in [5.74, 6) is -2.37. The highest BCUT2D eigenvalue weighted by atomic mass is 16.4. The molecular formula is C14H23N3O4. The van der Waals surface area contributed by atoms with Gasteiger partial charge in [0.05, 0.1) is 18.4 Å². The SMILES string of the molecule is CC1(C)[C@H](C(=O)O)[C@@H]1C(=O)N1CCCN(CC(N)=O)CC1. The molecule has 1 heterocycles. The van der Waals surface area contributed by atoms with E-state index in [0.29, 0.717) is 19.6 Å². The van der Waals surface area contributed by atoms with Gasteiger partial charge in [-0.3, -0.25) is 19.3 Å². The summed E-state index contributed by atoms with van der Waals surface area (Å²) in [6.07, 6.45) is 0.768. The predicted molar refractivity (Wildman–Crippen MR) is 75.2 cm³/mol. The number of hydrogen-bond donors (Lipinski definition) is 2. The number of amides is 2. The first-order valence-electron chi connectivity index (χ1n) is 7.27. The minimum absolute atomic E-state index is 0.0756. The van der Waals surface area contributed by atoms with E-state index >= 15 is 0 Å². The van der Waals surface area contributed by atoms with Gasteiger partial charge in [-0.2, -0.15) is 0 Å². The third-order valence-corrected chi connectivity index (χ3v) is 4.64. The molecule has 0 aromatic heterocycles. The Labute approximate surface area is 124 Å². The highest BCUT2D eigenvalue weighted by Crippen LogP contribution is 2.59. The van der Waals surface area contributed by atoms with E-state index in [1.54, 1.807) is 4.90 Å². The van der Waals surface area contributed by atoms with Crippen LogP contribution in [-0.2, 0) is 14.4 Å². The lowest BCUT2D eigenvalue weighted by molar-refractivity contribution is -0.142. The molecule has 0 unspecified atom stereocenters. The summed E-state index contributed by atoms with van der Waals surface area (Å²) in [6, 6.07) is 0. The van der Waals surface area contributed by atoms with Crippen molar-refractivity contribution >= 4 is 17.8 Å². The number of nitrogens with two attached hydrogens (primary N) is 1. The van der Waals surface area contributed by atoms with E-state index in [1.165, 1.54) is 0 Å². The van der Waals surface area contributed by atoms with Crippen molar-refractivity contribution in [2.24, 2.45) is 23.0 Å². The van der Waals surface area contributed by atoms with E-state index in [9.17, 15) is 19.5 Å². The van der Waals surface area contributed by atoms with E-state index in [1.807, 2.05) is 18.7 Å². The number of primary amides is 1. The van der Waals surface area contributed by atoms with Gasteiger partial charge in [0, 0.05) is 26.2 Å². The molecule has 2 amide bonds. The number of carboxylic acids is 1. The Morgan fingerprint density at radius 2 is 1.81 bits per heavy atom. The van der Waals surface area contributed by atoms with Gasteiger partial charge in [-0.1, -0.05) is 13.8 Å². The van der Waals surface area contributed by atoms with Gasteiger partial charge in [0.15, 0.2) is 0 Å². The largest absolute Gasteiger partial charge is 0.481 e. The molecule has 2 aliphatic rings. The molecular weight excluding hydrogens is 274 g/mol. The van der Waals surface area contributed by atoms with Crippen LogP contribution in [-0.4, -0.2) is 65.4 Å². The maximum atomic E-state index is 12.5. The van der Waals surface area contributed by atoms with Gasteiger partial charge < -0.3 is 15.7 Å². The Bertz CT molecular complexity index is 463. The molecule has 0 aromatic carbocycles. The summed E-state index contributed by atoms with van der Waals surface area (Å²) in [6.45, 7) is 6.30. The van der Waals surface area contributed by atoms with Crippen LogP contribution in [0.2, 0.25) is 0 Å². The van der Waals surface area contributed by atoms with E-state index in [2.05, 4.69) is 0 Å². The third kappa shape index (κ3) is 3.18. The minimum atomic E-state index is -0.900. The zero-order chi connectivity index (χ0) is 15.8. The lowest BCUT2D eigenvalue weighted by Gasteiger charge is -2.22. The first-order chi connectivity index (χ1) is 9.75. The van der Waals surface area contributed by atoms with E-state index in [0.717, 1.165) is 13.0 Å². The zero-order valence-corrected chi connectivity index (χ0v) is 12.5. The summed E-state index contributed by atoms with van der Waals surface area (Å²) in [7, 11) is 0. The fourth-order valence-electron chi connectivity index (χ4n) is 3.33. The van der Waals surface area contributed by atoms with Crippen LogP contribution >= 0.6 is 0 Å². The number of carbonyl (C=O) groups is 3. The second-order valence-corrected chi connectivity index (χ2v) is 6.54. The van der Waals surface area contributed by atoms with Gasteiger partial charge >= 0.3 is 5.97 Å². The first-order valence-corrected chi connectivity index (χ1v) is 7.27. The van der Waals surface area contributed by atoms with Gasteiger partial charge in [-0.25, -0.2) is 0 Å². The van der Waals surface area contributed by atoms with Crippen molar-refractivity contribution in [1.29, 1.82) is 0 Å². The molecule has 0 aromatic rings. The van der Waals surface area contributed by atoms with Crippen LogP contribution in [0.4, 0.5) is 0 Å². The van der Waals surface area contributed by atoms with Crippen molar-refractivity contribution in [2.45, 2.75) is 20.3 Å². The molecule has 0 bridgehead atoms. The van der Waals surface area contributed by atoms with Crippen molar-refractivity contribution < 1.29 is 19.5 Å². The average molecular weight is 297 g/mol. The van der Waals surface area contributed by atoms with E-state index in [-0.39, 0.29) is 18.4 Å². The first kappa shape index (κ1) is 15.8. The zero-order valence-electron chi connectivity index (χ0n) is 12.5. The summed E-state index contributed by atoms with van der Waals surface area (Å²) in [5, 5.41) is 9.17. The van der Waals surface area contributed by atoms with Crippen LogP contribution in [0, 0.1) is 17.3 Å². The summed E-state index contributed by atoms with van der Waals surface area (Å²) < 4.78 is 0. The molecule has 1 saturated carbocycles. The fourth-order valence-corrected chi connectivity index (χ4v) is 3.33. The van der Waals surface area contributed by atoms with Crippen LogP contribution in [0.15, 0.2) is 0 Å². The average Bonchev–Trinajstić information content (AvgIpc) is 3.00. The predicted octanol–water partition coefficient (Wildman–Crippen LogP) is -0.637. The highest BCUT2D eigenvalue weighted by Gasteiger charge is 2.66. The van der Waals surface area contributed by atoms with Gasteiger partial charge in [0.25, 0.3) is 0 Å². The van der Waals surface area contributed by atoms with Gasteiger partial charge in [-0.05, 0) is 11.8 Å². The second-order valence-electron chi connectivity index (χ2n) is 6.54. The lowest BCUT2D eigenvalue weighted by Crippen LogP contribution is -2.39. The maximum Gasteiger partial charge on any atom is 0.307 e. The Balaban J connectivity index is 1.95. The molecule has 0 spiro atoms. The Kier molecular flexibility index (Phi) is 4.22. The molecule has 2 rings (SSSR count). The fraction of sp³-hybridized carbons (Fsp3) is 0.786. The number of carboxylic acid groups (broad SMARTS) is 1. The molecule has 7 nitrogen and oxygen atoms in total. The van der Waals surface area contributed by atoms with Gasteiger partial charge in [0.1, 0.15) is 0 Å². The molecule has 2 fully saturated rings. The Morgan fingerprint density at radius 3 is 2.33 bits per heavy atom. The standard InChI is InChI=1S/C14H23N3O4/c1-14(2)10(11(14)13(20)21)12(19)17-5-3-4-16(6-7-17)8-9(15)18/h10-11H,3-8H2,1-2H3,(H2,15,18)(H,20,21)/t10-,11+/m1/s1. The van der Waals surface area contributed by atoms with E-state index < -0.39 is 23.2 Å². The van der Waals surface area contributed by atoms with Crippen LogP contribution in [0.25, 0.3) is 0 Å². The van der Waals surface area contributed by atoms with Crippen molar-refractivity contribution in [3.05, 3.63) is 0 Å². The quantitative estimate of drug-likeness (QED) is 0.718. The minimum Gasteiger partial charge on any atom is -0.481 e. The number of carbonyl (C=O) groups excluding carboxylic acids is 2. The van der Waals surface area contributed by atoms with Crippen molar-refractivity contribution in [3.63, 3.8) is 0 Å². The van der Waals surface area contributed by atoms with Crippen LogP contribution in [0.1, 0.15) is 20.3 Å². The van der Waals surface area contributed by atoms with Crippen molar-refractivity contribution in [3.8, 4) is 0 Å². The highest BCUT2D eigenvalue weighted by molar-refractivity contribution is 5.91. The summed E-state index contributed by atoms with van der Waals surface area (Å²) in [5.41, 5.74) is 4.72. The number of rotatable bonds is 4. The van der Waals surface area contributed by atoms with Crippen molar-refractivity contribution in [2.75, 3.05) is 32.7 Å². The topological polar surface area (TPSA) is 104 Å². The number of hydrogen-bond acceptors (Lipinski definition) is 4. The molecule has 0 radical (unpaired) electrons. The number of nitrogens with zero attached hydrogens (tertiary/aromatic N) is 2. The Morgan fingerprint density at radius 1 is 1.14 bits per heavy atom. The van der Waals surface area contributed by atoms with E-state index in [4.69, 9.17) is 5.73 Å². The molecule has 1 aliphatic carbocycles. The Hall–Kier alpha value is -1.63. The molecule has 7 heteroatoms. The van der Waals surface area contributed by atoms with Gasteiger partial charge in [-0.15, -0.1) is 0 Å². The smallest absolute Gasteiger partial charge is 0.307 e. The third-order valence-electron chi connectivity index (χ3n) is 4.64. The molecule has 1 saturated heterocycles. The van der Waals surface area contributed by atoms with Crippen LogP contribution in [0.5, 0.6) is 0 Å². The molecule has 1 aliphatic heterocycles. The van der Waals surface area contributed by atoms with Gasteiger partial charge in [0.2, 0.25) is 11.8 Å². The second kappa shape index (κ2) is 5.63. The van der Waals surface area contributed by atoms with Crippen molar-refractivity contribution in [1.82, 2.24) is 9.80 Å². The summed E-state index contributed by atoms with van der Waals surface area (Å²) in [4.78, 5) is 38.3. The normalized spacial score (nSPS) is 28.8. The summed E-state index contributed by atoms with van der Waals surface area (Å²) >= 11 is 0. The molecule has 118 valence electrons. The monoisotopic (exact) mass is 297 g/mol. The molecule has 3 N–H and O–H groups in total. The van der Waals surface area contributed by atoms with Crippen LogP contribution < -0.4 is 5.73 Å².